The fraction of sp³-hybridized carbons (Fsp3) is 0.914. The molecule has 2 unspecified atom stereocenters. The Hall–Kier alpha value is -1.11. The van der Waals surface area contributed by atoms with E-state index in [1.165, 1.54) is 0 Å². The van der Waals surface area contributed by atoms with E-state index in [0.717, 1.165) is 6.42 Å². The van der Waals surface area contributed by atoms with Crippen LogP contribution >= 0.6 is 0 Å². The first-order chi connectivity index (χ1) is 20.9. The van der Waals surface area contributed by atoms with E-state index in [-0.39, 0.29) is 43.1 Å². The summed E-state index contributed by atoms with van der Waals surface area (Å²) in [6.45, 7) is 22.2. The normalized spacial score (nSPS) is 47.8. The van der Waals surface area contributed by atoms with Gasteiger partial charge in [-0.1, -0.05) is 41.2 Å². The predicted molar refractivity (Wildman–Crippen MR) is 173 cm³/mol. The monoisotopic (exact) mass is 641 g/mol. The lowest BCUT2D eigenvalue weighted by atomic mass is 9.70. The van der Waals surface area contributed by atoms with Crippen LogP contribution < -0.4 is 0 Å². The number of carbonyl (C=O) groups is 1. The van der Waals surface area contributed by atoms with E-state index in [9.17, 15) is 15.0 Å². The number of esters is 1. The van der Waals surface area contributed by atoms with Crippen molar-refractivity contribution in [3.05, 3.63) is 12.2 Å². The van der Waals surface area contributed by atoms with Crippen molar-refractivity contribution in [3.8, 4) is 0 Å². The van der Waals surface area contributed by atoms with Gasteiger partial charge in [-0.15, -0.1) is 0 Å². The van der Waals surface area contributed by atoms with Crippen molar-refractivity contribution in [2.45, 2.75) is 142 Å². The number of methoxy groups -OCH3 is 1. The number of cyclic esters (lactones) is 1. The largest absolute Gasteiger partial charge is 0.459 e. The first kappa shape index (κ1) is 38.3. The van der Waals surface area contributed by atoms with Crippen LogP contribution in [0.15, 0.2) is 12.2 Å². The van der Waals surface area contributed by atoms with Gasteiger partial charge in [0, 0.05) is 19.1 Å². The van der Waals surface area contributed by atoms with Crippen molar-refractivity contribution < 1.29 is 43.4 Å². The number of ether oxygens (including phenoxy) is 6. The number of fused-ring (bicyclic) bond motifs is 5. The van der Waals surface area contributed by atoms with Gasteiger partial charge < -0.3 is 43.5 Å². The van der Waals surface area contributed by atoms with Gasteiger partial charge in [-0.3, -0.25) is 4.79 Å². The van der Waals surface area contributed by atoms with E-state index in [4.69, 9.17) is 28.4 Å². The van der Waals surface area contributed by atoms with Crippen molar-refractivity contribution >= 4 is 5.97 Å². The van der Waals surface area contributed by atoms with Crippen molar-refractivity contribution in [3.63, 3.8) is 0 Å². The Labute approximate surface area is 272 Å². The Kier molecular flexibility index (Phi) is 13.1. The predicted octanol–water partition coefficient (Wildman–Crippen LogP) is 4.20. The van der Waals surface area contributed by atoms with Crippen LogP contribution in [0.1, 0.15) is 81.6 Å². The standard InChI is InChI=1S/C35H63NO9/c1-14-27-35(10,39)31-23(6)22(5)20(3)16-34(9,42-18-19(2)17-41-31)30(24(7)28(37)25(8)32(38)44-27)45-33-29(40-13)26(36(11)12)15-21(4)43-33/h20-31,33,37,39H,2,14-18H2,1,3-13H3/t20-,21-,22+,23+,24+,25?,26+,27-,28+,29-,30-,31?,33+,34-,35-/m1/s1. The molecule has 0 aromatic heterocycles. The average molecular weight is 642 g/mol. The molecule has 15 atom stereocenters. The third-order valence-electron chi connectivity index (χ3n) is 11.2. The highest BCUT2D eigenvalue weighted by Gasteiger charge is 2.53. The zero-order valence-corrected chi connectivity index (χ0v) is 29.9. The number of aliphatic hydroxyl groups excluding tert-OH is 1. The Morgan fingerprint density at radius 1 is 1.04 bits per heavy atom. The van der Waals surface area contributed by atoms with E-state index in [1.54, 1.807) is 21.0 Å². The molecule has 2 bridgehead atoms. The molecule has 0 amide bonds. The molecule has 3 saturated heterocycles. The first-order valence-corrected chi connectivity index (χ1v) is 16.9. The second-order valence-electron chi connectivity index (χ2n) is 15.0. The molecule has 3 aliphatic rings. The van der Waals surface area contributed by atoms with Crippen LogP contribution in [0.5, 0.6) is 0 Å². The van der Waals surface area contributed by atoms with Crippen molar-refractivity contribution in [1.29, 1.82) is 0 Å². The zero-order chi connectivity index (χ0) is 34.0. The van der Waals surface area contributed by atoms with Crippen LogP contribution in [0.4, 0.5) is 0 Å². The molecule has 10 nitrogen and oxygen atoms in total. The molecule has 262 valence electrons. The van der Waals surface area contributed by atoms with Gasteiger partial charge in [-0.25, -0.2) is 0 Å². The van der Waals surface area contributed by atoms with Crippen LogP contribution in [0.2, 0.25) is 0 Å². The summed E-state index contributed by atoms with van der Waals surface area (Å²) in [5.41, 5.74) is -1.72. The maximum Gasteiger partial charge on any atom is 0.311 e. The number of rotatable bonds is 5. The van der Waals surface area contributed by atoms with Gasteiger partial charge in [0.25, 0.3) is 0 Å². The van der Waals surface area contributed by atoms with Gasteiger partial charge in [0.1, 0.15) is 17.8 Å². The molecule has 3 fully saturated rings. The van der Waals surface area contributed by atoms with Crippen LogP contribution in [0.25, 0.3) is 0 Å². The van der Waals surface area contributed by atoms with Crippen LogP contribution in [0, 0.1) is 29.6 Å². The van der Waals surface area contributed by atoms with Crippen molar-refractivity contribution in [2.24, 2.45) is 29.6 Å². The molecule has 0 aliphatic carbocycles. The molecule has 0 saturated carbocycles. The molecule has 2 N–H and O–H groups in total. The minimum absolute atomic E-state index is 0.0464. The molecule has 3 heterocycles. The van der Waals surface area contributed by atoms with Gasteiger partial charge >= 0.3 is 5.97 Å². The van der Waals surface area contributed by atoms with Crippen molar-refractivity contribution in [2.75, 3.05) is 34.4 Å². The Morgan fingerprint density at radius 2 is 1.69 bits per heavy atom. The van der Waals surface area contributed by atoms with E-state index >= 15 is 0 Å². The van der Waals surface area contributed by atoms with Gasteiger partial charge in [0.2, 0.25) is 0 Å². The summed E-state index contributed by atoms with van der Waals surface area (Å²) in [5.74, 6) is -2.02. The third kappa shape index (κ3) is 8.31. The topological polar surface area (TPSA) is 116 Å². The summed E-state index contributed by atoms with van der Waals surface area (Å²) in [6.07, 6.45) is -2.83. The minimum Gasteiger partial charge on any atom is -0.459 e. The summed E-state index contributed by atoms with van der Waals surface area (Å²) in [7, 11) is 5.71. The molecular formula is C35H63NO9. The summed E-state index contributed by atoms with van der Waals surface area (Å²) in [5, 5.41) is 23.9. The highest BCUT2D eigenvalue weighted by molar-refractivity contribution is 5.73. The maximum absolute atomic E-state index is 13.6. The van der Waals surface area contributed by atoms with Gasteiger partial charge in [0.15, 0.2) is 6.29 Å². The molecule has 10 heteroatoms. The Bertz CT molecular complexity index is 990. The zero-order valence-electron chi connectivity index (χ0n) is 29.9. The summed E-state index contributed by atoms with van der Waals surface area (Å²) < 4.78 is 38.6. The fourth-order valence-electron chi connectivity index (χ4n) is 7.93. The third-order valence-corrected chi connectivity index (χ3v) is 11.2. The lowest BCUT2D eigenvalue weighted by Crippen LogP contribution is -2.60. The number of hydrogen-bond donors (Lipinski definition) is 2. The number of carbonyl (C=O) groups excluding carboxylic acids is 1. The van der Waals surface area contributed by atoms with Gasteiger partial charge in [-0.05, 0) is 84.4 Å². The lowest BCUT2D eigenvalue weighted by molar-refractivity contribution is -0.307. The SMILES string of the molecule is C=C1COC2[C@@H](C)[C@@H](C)[C@H](C)C[C@@](C)(OC1)[C@H](O[C@@H]1O[C@H](C)C[C@H](N(C)C)[C@H]1OC)[C@@H](C)[C@H](O)C(C)C(=O)O[C@H](CC)[C@@]2(C)O. The quantitative estimate of drug-likeness (QED) is 0.334. The number of nitrogens with zero attached hydrogens (tertiary/aromatic N) is 1. The summed E-state index contributed by atoms with van der Waals surface area (Å²) in [6, 6.07) is 0.0464. The van der Waals surface area contributed by atoms with E-state index in [2.05, 4.69) is 32.3 Å². The Morgan fingerprint density at radius 3 is 2.27 bits per heavy atom. The maximum atomic E-state index is 13.6. The molecule has 0 aromatic rings. The Balaban J connectivity index is 2.20. The molecule has 3 aliphatic heterocycles. The number of likely N-dealkylation sites (N-methyl/N-ethyl adjacent to an activating group) is 1. The number of hydrogen-bond acceptors (Lipinski definition) is 10. The van der Waals surface area contributed by atoms with E-state index in [1.807, 2.05) is 41.8 Å². The molecule has 0 spiro atoms. The fourth-order valence-corrected chi connectivity index (χ4v) is 7.93. The minimum atomic E-state index is -1.49. The molecular weight excluding hydrogens is 578 g/mol. The van der Waals surface area contributed by atoms with E-state index < -0.39 is 65.8 Å². The lowest BCUT2D eigenvalue weighted by Gasteiger charge is -2.49. The highest BCUT2D eigenvalue weighted by Crippen LogP contribution is 2.43. The van der Waals surface area contributed by atoms with Gasteiger partial charge in [-0.2, -0.15) is 0 Å². The van der Waals surface area contributed by atoms with Crippen molar-refractivity contribution in [1.82, 2.24) is 4.90 Å². The second-order valence-corrected chi connectivity index (χ2v) is 15.0. The molecule has 0 radical (unpaired) electrons. The van der Waals surface area contributed by atoms with Crippen LogP contribution in [0.3, 0.4) is 0 Å². The van der Waals surface area contributed by atoms with Crippen LogP contribution in [-0.4, -0.2) is 116 Å². The molecule has 0 aromatic carbocycles. The highest BCUT2D eigenvalue weighted by atomic mass is 16.7. The average Bonchev–Trinajstić information content (AvgIpc) is 2.99. The first-order valence-electron chi connectivity index (χ1n) is 16.9. The molecule has 3 rings (SSSR count). The second kappa shape index (κ2) is 15.4. The summed E-state index contributed by atoms with van der Waals surface area (Å²) in [4.78, 5) is 15.8. The number of aliphatic hydroxyl groups is 2. The smallest absolute Gasteiger partial charge is 0.311 e. The van der Waals surface area contributed by atoms with E-state index in [0.29, 0.717) is 18.4 Å². The molecule has 45 heavy (non-hydrogen) atoms. The van der Waals surface area contributed by atoms with Gasteiger partial charge in [0.05, 0.1) is 49.1 Å². The van der Waals surface area contributed by atoms with Crippen LogP contribution in [-0.2, 0) is 33.2 Å². The summed E-state index contributed by atoms with van der Waals surface area (Å²) >= 11 is 0.